The molecule has 0 saturated carbocycles. The molecule has 1 aliphatic heterocycles. The van der Waals surface area contributed by atoms with Crippen LogP contribution in [0.5, 0.6) is 17.2 Å². The van der Waals surface area contributed by atoms with Gasteiger partial charge in [0.25, 0.3) is 0 Å². The minimum Gasteiger partial charge on any atom is -0.490 e. The van der Waals surface area contributed by atoms with Crippen LogP contribution in [0.2, 0.25) is 0 Å². The third-order valence-electron chi connectivity index (χ3n) is 3.58. The molecule has 0 aromatic heterocycles. The molecule has 25 heavy (non-hydrogen) atoms. The maximum Gasteiger partial charge on any atom is 0.231 e. The van der Waals surface area contributed by atoms with Crippen LogP contribution in [0.15, 0.2) is 48.0 Å². The number of rotatable bonds is 5. The van der Waals surface area contributed by atoms with Gasteiger partial charge < -0.3 is 14.2 Å². The molecule has 0 radical (unpaired) electrons. The number of fused-ring (bicyclic) bond motifs is 1. The van der Waals surface area contributed by atoms with Crippen molar-refractivity contribution >= 4 is 11.9 Å². The summed E-state index contributed by atoms with van der Waals surface area (Å²) in [5, 5.41) is 9.45. The quantitative estimate of drug-likeness (QED) is 0.469. The number of nitriles is 1. The van der Waals surface area contributed by atoms with Crippen LogP contribution in [-0.4, -0.2) is 18.7 Å². The molecular formula is C20H17NO4. The molecule has 5 heteroatoms. The van der Waals surface area contributed by atoms with Gasteiger partial charge in [0.15, 0.2) is 11.5 Å². The highest BCUT2D eigenvalue weighted by Crippen LogP contribution is 2.33. The summed E-state index contributed by atoms with van der Waals surface area (Å²) in [5.41, 5.74) is 1.08. The first-order valence-corrected chi connectivity index (χ1v) is 7.90. The molecule has 3 rings (SSSR count). The SMILES string of the molecule is CC(C)Oc1ccccc1/C=C(\C#N)C(=O)c1ccc2c(c1)OCO2. The number of allylic oxidation sites excluding steroid dienone is 1. The van der Waals surface area contributed by atoms with E-state index in [-0.39, 0.29) is 24.3 Å². The fourth-order valence-electron chi connectivity index (χ4n) is 2.46. The molecular weight excluding hydrogens is 318 g/mol. The molecule has 126 valence electrons. The molecule has 0 unspecified atom stereocenters. The van der Waals surface area contributed by atoms with Crippen molar-refractivity contribution in [2.45, 2.75) is 20.0 Å². The van der Waals surface area contributed by atoms with Crippen LogP contribution in [0.25, 0.3) is 6.08 Å². The van der Waals surface area contributed by atoms with Crippen LogP contribution in [0.4, 0.5) is 0 Å². The second kappa shape index (κ2) is 7.10. The average molecular weight is 335 g/mol. The summed E-state index contributed by atoms with van der Waals surface area (Å²) < 4.78 is 16.3. The molecule has 2 aromatic rings. The Kier molecular flexibility index (Phi) is 4.71. The van der Waals surface area contributed by atoms with Crippen LogP contribution in [0.1, 0.15) is 29.8 Å². The average Bonchev–Trinajstić information content (AvgIpc) is 3.07. The summed E-state index contributed by atoms with van der Waals surface area (Å²) in [7, 11) is 0. The van der Waals surface area contributed by atoms with Gasteiger partial charge in [0.05, 0.1) is 6.10 Å². The lowest BCUT2D eigenvalue weighted by molar-refractivity contribution is 0.103. The standard InChI is InChI=1S/C20H17NO4/c1-13(2)25-17-6-4-3-5-14(17)9-16(11-21)20(22)15-7-8-18-19(10-15)24-12-23-18/h3-10,13H,12H2,1-2H3/b16-9+. The summed E-state index contributed by atoms with van der Waals surface area (Å²) >= 11 is 0. The summed E-state index contributed by atoms with van der Waals surface area (Å²) in [6.07, 6.45) is 1.54. The molecule has 0 spiro atoms. The van der Waals surface area contributed by atoms with E-state index in [1.54, 1.807) is 24.3 Å². The number of hydrogen-bond donors (Lipinski definition) is 0. The van der Waals surface area contributed by atoms with Crippen molar-refractivity contribution in [2.24, 2.45) is 0 Å². The largest absolute Gasteiger partial charge is 0.490 e. The second-order valence-electron chi connectivity index (χ2n) is 5.77. The van der Waals surface area contributed by atoms with Gasteiger partial charge in [-0.05, 0) is 44.2 Å². The van der Waals surface area contributed by atoms with Crippen LogP contribution in [-0.2, 0) is 0 Å². The Hall–Kier alpha value is -3.26. The van der Waals surface area contributed by atoms with Crippen molar-refractivity contribution in [2.75, 3.05) is 6.79 Å². The molecule has 5 nitrogen and oxygen atoms in total. The Morgan fingerprint density at radius 2 is 1.96 bits per heavy atom. The third-order valence-corrected chi connectivity index (χ3v) is 3.58. The lowest BCUT2D eigenvalue weighted by atomic mass is 10.0. The van der Waals surface area contributed by atoms with Gasteiger partial charge in [-0.3, -0.25) is 4.79 Å². The van der Waals surface area contributed by atoms with Gasteiger partial charge in [0.2, 0.25) is 12.6 Å². The van der Waals surface area contributed by atoms with Crippen molar-refractivity contribution in [3.63, 3.8) is 0 Å². The van der Waals surface area contributed by atoms with E-state index >= 15 is 0 Å². The van der Waals surface area contributed by atoms with Crippen molar-refractivity contribution in [1.82, 2.24) is 0 Å². The van der Waals surface area contributed by atoms with Gasteiger partial charge in [0.1, 0.15) is 17.4 Å². The van der Waals surface area contributed by atoms with E-state index < -0.39 is 0 Å². The number of carbonyl (C=O) groups is 1. The zero-order valence-corrected chi connectivity index (χ0v) is 14.0. The highest BCUT2D eigenvalue weighted by molar-refractivity contribution is 6.14. The fourth-order valence-corrected chi connectivity index (χ4v) is 2.46. The van der Waals surface area contributed by atoms with E-state index in [0.717, 1.165) is 0 Å². The van der Waals surface area contributed by atoms with E-state index in [0.29, 0.717) is 28.4 Å². The van der Waals surface area contributed by atoms with Gasteiger partial charge in [-0.2, -0.15) is 5.26 Å². The highest BCUT2D eigenvalue weighted by Gasteiger charge is 2.19. The lowest BCUT2D eigenvalue weighted by Crippen LogP contribution is -2.07. The first kappa shape index (κ1) is 16.6. The van der Waals surface area contributed by atoms with Crippen LogP contribution < -0.4 is 14.2 Å². The van der Waals surface area contributed by atoms with E-state index in [9.17, 15) is 10.1 Å². The molecule has 0 amide bonds. The van der Waals surface area contributed by atoms with Gasteiger partial charge in [-0.25, -0.2) is 0 Å². The number of benzene rings is 2. The monoisotopic (exact) mass is 335 g/mol. The van der Waals surface area contributed by atoms with Crippen molar-refractivity contribution < 1.29 is 19.0 Å². The van der Waals surface area contributed by atoms with Gasteiger partial charge in [-0.1, -0.05) is 18.2 Å². The molecule has 0 fully saturated rings. The summed E-state index contributed by atoms with van der Waals surface area (Å²) in [5.74, 6) is 1.35. The Balaban J connectivity index is 1.94. The summed E-state index contributed by atoms with van der Waals surface area (Å²) in [4.78, 5) is 12.7. The number of para-hydroxylation sites is 1. The van der Waals surface area contributed by atoms with Gasteiger partial charge in [-0.15, -0.1) is 0 Å². The fraction of sp³-hybridized carbons (Fsp3) is 0.200. The van der Waals surface area contributed by atoms with Crippen molar-refractivity contribution in [3.8, 4) is 23.3 Å². The normalized spacial score (nSPS) is 12.8. The Bertz CT molecular complexity index is 878. The Morgan fingerprint density at radius 1 is 1.20 bits per heavy atom. The third kappa shape index (κ3) is 3.64. The predicted molar refractivity (Wildman–Crippen MR) is 92.7 cm³/mol. The number of ether oxygens (including phenoxy) is 3. The van der Waals surface area contributed by atoms with E-state index in [1.807, 2.05) is 44.2 Å². The lowest BCUT2D eigenvalue weighted by Gasteiger charge is -2.12. The van der Waals surface area contributed by atoms with Crippen LogP contribution in [0, 0.1) is 11.3 Å². The molecule has 1 heterocycles. The van der Waals surface area contributed by atoms with E-state index in [4.69, 9.17) is 14.2 Å². The zero-order valence-electron chi connectivity index (χ0n) is 14.0. The van der Waals surface area contributed by atoms with Gasteiger partial charge >= 0.3 is 0 Å². The second-order valence-corrected chi connectivity index (χ2v) is 5.77. The number of ketones is 1. The predicted octanol–water partition coefficient (Wildman–Crippen LogP) is 3.99. The van der Waals surface area contributed by atoms with Gasteiger partial charge in [0, 0.05) is 11.1 Å². The molecule has 0 aliphatic carbocycles. The topological polar surface area (TPSA) is 68.5 Å². The molecule has 2 aromatic carbocycles. The first-order valence-electron chi connectivity index (χ1n) is 7.90. The molecule has 0 bridgehead atoms. The maximum absolute atomic E-state index is 12.7. The van der Waals surface area contributed by atoms with Crippen LogP contribution >= 0.6 is 0 Å². The van der Waals surface area contributed by atoms with Crippen molar-refractivity contribution in [3.05, 3.63) is 59.2 Å². The maximum atomic E-state index is 12.7. The minimum absolute atomic E-state index is 0.00959. The zero-order chi connectivity index (χ0) is 17.8. The summed E-state index contributed by atoms with van der Waals surface area (Å²) in [6, 6.07) is 14.2. The number of carbonyl (C=O) groups excluding carboxylic acids is 1. The molecule has 0 saturated heterocycles. The highest BCUT2D eigenvalue weighted by atomic mass is 16.7. The smallest absolute Gasteiger partial charge is 0.231 e. The molecule has 0 N–H and O–H groups in total. The minimum atomic E-state index is -0.375. The van der Waals surface area contributed by atoms with E-state index in [1.165, 1.54) is 0 Å². The molecule has 0 atom stereocenters. The van der Waals surface area contributed by atoms with E-state index in [2.05, 4.69) is 0 Å². The first-order chi connectivity index (χ1) is 12.1. The number of hydrogen-bond acceptors (Lipinski definition) is 5. The Morgan fingerprint density at radius 3 is 2.72 bits per heavy atom. The van der Waals surface area contributed by atoms with Crippen LogP contribution in [0.3, 0.4) is 0 Å². The number of Topliss-reactive ketones (excluding diaryl/α,β-unsaturated/α-hetero) is 1. The summed E-state index contributed by atoms with van der Waals surface area (Å²) in [6.45, 7) is 3.97. The molecule has 1 aliphatic rings. The number of nitrogens with zero attached hydrogens (tertiary/aromatic N) is 1. The van der Waals surface area contributed by atoms with Crippen molar-refractivity contribution in [1.29, 1.82) is 5.26 Å². The Labute approximate surface area is 146 Å².